The lowest BCUT2D eigenvalue weighted by Crippen LogP contribution is -2.22. The van der Waals surface area contributed by atoms with Crippen molar-refractivity contribution in [3.63, 3.8) is 0 Å². The largest absolute Gasteiger partial charge is 0.497 e. The molecule has 1 heterocycles. The molecule has 0 bridgehead atoms. The third kappa shape index (κ3) is 4.67. The maximum Gasteiger partial charge on any atom is 0.291 e. The number of hydrogen-bond acceptors (Lipinski definition) is 5. The molecule has 3 aromatic rings. The maximum atomic E-state index is 12.9. The molecular formula is C26H27N3O4. The molecule has 0 unspecified atom stereocenters. The van der Waals surface area contributed by atoms with Crippen LogP contribution >= 0.6 is 0 Å². The Morgan fingerprint density at radius 1 is 0.970 bits per heavy atom. The number of amides is 2. The topological polar surface area (TPSA) is 92.9 Å². The molecule has 1 aromatic heterocycles. The summed E-state index contributed by atoms with van der Waals surface area (Å²) in [7, 11) is 1.57. The molecule has 2 aromatic carbocycles. The summed E-state index contributed by atoms with van der Waals surface area (Å²) in [6.07, 6.45) is 2.24. The van der Waals surface area contributed by atoms with Crippen LogP contribution in [0.5, 0.6) is 5.75 Å². The first-order valence-corrected chi connectivity index (χ1v) is 10.9. The van der Waals surface area contributed by atoms with Crippen molar-refractivity contribution in [2.24, 2.45) is 5.10 Å². The minimum atomic E-state index is -0.314. The predicted molar refractivity (Wildman–Crippen MR) is 127 cm³/mol. The Morgan fingerprint density at radius 2 is 1.73 bits per heavy atom. The SMILES string of the molecule is COc1ccc(C(=O)N/N=C2\CCCc3oc(C(=O)Nc4ccc(C)c(C)c4)c(C)c32)cc1. The third-order valence-corrected chi connectivity index (χ3v) is 5.94. The van der Waals surface area contributed by atoms with Crippen LogP contribution in [0.3, 0.4) is 0 Å². The van der Waals surface area contributed by atoms with Gasteiger partial charge in [0.05, 0.1) is 12.8 Å². The molecule has 4 rings (SSSR count). The van der Waals surface area contributed by atoms with Crippen molar-refractivity contribution in [2.45, 2.75) is 40.0 Å². The summed E-state index contributed by atoms with van der Waals surface area (Å²) in [5.41, 5.74) is 8.34. The summed E-state index contributed by atoms with van der Waals surface area (Å²) >= 11 is 0. The van der Waals surface area contributed by atoms with E-state index in [1.165, 1.54) is 0 Å². The van der Waals surface area contributed by atoms with Gasteiger partial charge < -0.3 is 14.5 Å². The Labute approximate surface area is 192 Å². The molecule has 0 spiro atoms. The smallest absolute Gasteiger partial charge is 0.291 e. The lowest BCUT2D eigenvalue weighted by atomic mass is 9.93. The zero-order valence-corrected chi connectivity index (χ0v) is 19.2. The monoisotopic (exact) mass is 445 g/mol. The van der Waals surface area contributed by atoms with Crippen molar-refractivity contribution >= 4 is 23.2 Å². The summed E-state index contributed by atoms with van der Waals surface area (Å²) in [6, 6.07) is 12.6. The second-order valence-electron chi connectivity index (χ2n) is 8.19. The molecule has 0 aliphatic heterocycles. The molecule has 170 valence electrons. The number of furan rings is 1. The van der Waals surface area contributed by atoms with Crippen molar-refractivity contribution in [3.05, 3.63) is 81.8 Å². The van der Waals surface area contributed by atoms with Gasteiger partial charge in [0.15, 0.2) is 5.76 Å². The number of benzene rings is 2. The fourth-order valence-corrected chi connectivity index (χ4v) is 3.93. The van der Waals surface area contributed by atoms with Crippen molar-refractivity contribution in [1.82, 2.24) is 5.43 Å². The van der Waals surface area contributed by atoms with Crippen LogP contribution in [0.15, 0.2) is 52.0 Å². The molecule has 1 aliphatic carbocycles. The predicted octanol–water partition coefficient (Wildman–Crippen LogP) is 4.94. The van der Waals surface area contributed by atoms with Crippen molar-refractivity contribution < 1.29 is 18.7 Å². The van der Waals surface area contributed by atoms with Gasteiger partial charge in [-0.05, 0) is 81.1 Å². The number of aryl methyl sites for hydroxylation is 3. The zero-order valence-electron chi connectivity index (χ0n) is 19.2. The number of rotatable bonds is 5. The number of carbonyl (C=O) groups is 2. The van der Waals surface area contributed by atoms with E-state index in [0.717, 1.165) is 46.5 Å². The molecule has 0 radical (unpaired) electrons. The van der Waals surface area contributed by atoms with Gasteiger partial charge in [-0.2, -0.15) is 5.10 Å². The van der Waals surface area contributed by atoms with Crippen LogP contribution in [0.1, 0.15) is 61.8 Å². The summed E-state index contributed by atoms with van der Waals surface area (Å²) in [5.74, 6) is 1.06. The Balaban J connectivity index is 1.54. The van der Waals surface area contributed by atoms with E-state index >= 15 is 0 Å². The molecule has 7 heteroatoms. The summed E-state index contributed by atoms with van der Waals surface area (Å²) < 4.78 is 11.1. The zero-order chi connectivity index (χ0) is 23.5. The first kappa shape index (κ1) is 22.3. The van der Waals surface area contributed by atoms with Crippen LogP contribution in [0.25, 0.3) is 0 Å². The first-order chi connectivity index (χ1) is 15.9. The second-order valence-corrected chi connectivity index (χ2v) is 8.19. The Kier molecular flexibility index (Phi) is 6.31. The standard InChI is InChI=1S/C26H27N3O4/c1-15-8-11-19(14-16(15)2)27-26(31)24-17(3)23-21(6-5-7-22(23)33-24)28-29-25(30)18-9-12-20(32-4)13-10-18/h8-14H,5-7H2,1-4H3,(H,27,31)(H,29,30)/b28-21+. The molecule has 0 atom stereocenters. The van der Waals surface area contributed by atoms with Crippen LogP contribution in [-0.2, 0) is 6.42 Å². The van der Waals surface area contributed by atoms with Crippen LogP contribution in [0.2, 0.25) is 0 Å². The quantitative estimate of drug-likeness (QED) is 0.544. The van der Waals surface area contributed by atoms with Gasteiger partial charge in [0.1, 0.15) is 11.5 Å². The van der Waals surface area contributed by atoms with Gasteiger partial charge in [0, 0.05) is 28.8 Å². The van der Waals surface area contributed by atoms with Gasteiger partial charge >= 0.3 is 0 Å². The highest BCUT2D eigenvalue weighted by Crippen LogP contribution is 2.30. The van der Waals surface area contributed by atoms with E-state index < -0.39 is 0 Å². The van der Waals surface area contributed by atoms with E-state index in [2.05, 4.69) is 15.8 Å². The lowest BCUT2D eigenvalue weighted by Gasteiger charge is -2.13. The molecule has 2 amide bonds. The van der Waals surface area contributed by atoms with E-state index in [4.69, 9.17) is 9.15 Å². The van der Waals surface area contributed by atoms with Gasteiger partial charge in [-0.3, -0.25) is 9.59 Å². The number of hydrazone groups is 1. The number of carbonyl (C=O) groups excluding carboxylic acids is 2. The van der Waals surface area contributed by atoms with E-state index in [0.29, 0.717) is 23.4 Å². The number of ether oxygens (including phenoxy) is 1. The molecule has 0 fully saturated rings. The van der Waals surface area contributed by atoms with Gasteiger partial charge in [-0.25, -0.2) is 5.43 Å². The summed E-state index contributed by atoms with van der Waals surface area (Å²) in [5, 5.41) is 7.30. The Bertz CT molecular complexity index is 1240. The van der Waals surface area contributed by atoms with Gasteiger partial charge in [-0.15, -0.1) is 0 Å². The molecule has 0 saturated heterocycles. The molecule has 2 N–H and O–H groups in total. The maximum absolute atomic E-state index is 12.9. The first-order valence-electron chi connectivity index (χ1n) is 10.9. The second kappa shape index (κ2) is 9.32. The fraction of sp³-hybridized carbons (Fsp3) is 0.269. The molecule has 7 nitrogen and oxygen atoms in total. The third-order valence-electron chi connectivity index (χ3n) is 5.94. The van der Waals surface area contributed by atoms with Crippen LogP contribution in [-0.4, -0.2) is 24.6 Å². The average Bonchev–Trinajstić information content (AvgIpc) is 3.17. The van der Waals surface area contributed by atoms with Gasteiger partial charge in [0.25, 0.3) is 11.8 Å². The van der Waals surface area contributed by atoms with Gasteiger partial charge in [0.2, 0.25) is 0 Å². The highest BCUT2D eigenvalue weighted by Gasteiger charge is 2.28. The Morgan fingerprint density at radius 3 is 2.42 bits per heavy atom. The minimum Gasteiger partial charge on any atom is -0.497 e. The highest BCUT2D eigenvalue weighted by atomic mass is 16.5. The number of hydrogen-bond donors (Lipinski definition) is 2. The van der Waals surface area contributed by atoms with E-state index in [1.807, 2.05) is 39.0 Å². The van der Waals surface area contributed by atoms with E-state index in [-0.39, 0.29) is 17.6 Å². The number of nitrogens with zero attached hydrogens (tertiary/aromatic N) is 1. The van der Waals surface area contributed by atoms with Crippen molar-refractivity contribution in [2.75, 3.05) is 12.4 Å². The fourth-order valence-electron chi connectivity index (χ4n) is 3.93. The van der Waals surface area contributed by atoms with Gasteiger partial charge in [-0.1, -0.05) is 6.07 Å². The molecular weight excluding hydrogens is 418 g/mol. The average molecular weight is 446 g/mol. The number of nitrogens with one attached hydrogen (secondary N) is 2. The van der Waals surface area contributed by atoms with Crippen LogP contribution in [0, 0.1) is 20.8 Å². The molecule has 1 aliphatic rings. The molecule has 33 heavy (non-hydrogen) atoms. The highest BCUT2D eigenvalue weighted by molar-refractivity contribution is 6.09. The van der Waals surface area contributed by atoms with Crippen molar-refractivity contribution in [3.8, 4) is 5.75 Å². The number of fused-ring (bicyclic) bond motifs is 1. The molecule has 0 saturated carbocycles. The summed E-state index contributed by atoms with van der Waals surface area (Å²) in [6.45, 7) is 5.88. The van der Waals surface area contributed by atoms with E-state index in [1.54, 1.807) is 31.4 Å². The van der Waals surface area contributed by atoms with E-state index in [9.17, 15) is 9.59 Å². The minimum absolute atomic E-state index is 0.273. The van der Waals surface area contributed by atoms with Crippen molar-refractivity contribution in [1.29, 1.82) is 0 Å². The lowest BCUT2D eigenvalue weighted by molar-refractivity contribution is 0.0953. The van der Waals surface area contributed by atoms with Crippen LogP contribution in [0.4, 0.5) is 5.69 Å². The van der Waals surface area contributed by atoms with Crippen LogP contribution < -0.4 is 15.5 Å². The normalized spacial score (nSPS) is 14.0. The Hall–Kier alpha value is -3.87. The summed E-state index contributed by atoms with van der Waals surface area (Å²) in [4.78, 5) is 25.4. The number of anilines is 1. The number of methoxy groups -OCH3 is 1.